The van der Waals surface area contributed by atoms with Crippen LogP contribution in [0, 0.1) is 8.99 Å². The Hall–Kier alpha value is -2.95. The smallest absolute Gasteiger partial charge is 0.412 e. The molecule has 2 aromatic carbocycles. The number of aromatic hydroxyl groups is 1. The summed E-state index contributed by atoms with van der Waals surface area (Å²) in [5.74, 6) is -0.105. The van der Waals surface area contributed by atoms with Crippen molar-refractivity contribution in [3.05, 3.63) is 57.7 Å². The minimum absolute atomic E-state index is 0.0619. The molecule has 1 amide bonds. The van der Waals surface area contributed by atoms with Gasteiger partial charge in [0.05, 0.1) is 0 Å². The van der Waals surface area contributed by atoms with Gasteiger partial charge >= 0.3 is 12.1 Å². The quantitative estimate of drug-likeness (QED) is 0.371. The van der Waals surface area contributed by atoms with E-state index in [0.29, 0.717) is 22.7 Å². The molecule has 3 N–H and O–H groups in total. The first-order valence-electron chi connectivity index (χ1n) is 8.93. The number of anilines is 1. The molecule has 0 radical (unpaired) electrons. The van der Waals surface area contributed by atoms with Crippen molar-refractivity contribution in [1.29, 1.82) is 0 Å². The number of benzene rings is 2. The number of carboxylic acid groups (broad SMARTS) is 1. The van der Waals surface area contributed by atoms with E-state index in [0.717, 1.165) is 9.65 Å². The standard InChI is InChI=1S/C21H20INO7/c1-21(2,8-7-18(25)26)19(14-9-12(22)3-5-15(14)24)30-20(27)23-13-4-6-16-17(10-13)29-11-28-16/h3-10,19,24H,11H2,1-2H3,(H,23,27)(H,25,26)/b8-7+/t19-/m0/s1. The zero-order valence-corrected chi connectivity index (χ0v) is 18.4. The van der Waals surface area contributed by atoms with Crippen LogP contribution in [0.15, 0.2) is 48.6 Å². The lowest BCUT2D eigenvalue weighted by molar-refractivity contribution is -0.131. The van der Waals surface area contributed by atoms with Crippen LogP contribution in [-0.4, -0.2) is 29.1 Å². The molecular formula is C21H20INO7. The van der Waals surface area contributed by atoms with Crippen molar-refractivity contribution >= 4 is 40.3 Å². The zero-order chi connectivity index (χ0) is 21.9. The van der Waals surface area contributed by atoms with Crippen molar-refractivity contribution in [3.63, 3.8) is 0 Å². The number of phenolic OH excluding ortho intramolecular Hbond substituents is 1. The molecule has 0 unspecified atom stereocenters. The Balaban J connectivity index is 1.87. The molecule has 158 valence electrons. The first-order valence-corrected chi connectivity index (χ1v) is 10.0. The number of hydrogen-bond acceptors (Lipinski definition) is 6. The SMILES string of the molecule is CC(C)(/C=C/C(=O)O)[C@@H](OC(=O)Nc1ccc2c(c1)OCO2)c1cc(I)ccc1O. The van der Waals surface area contributed by atoms with E-state index in [4.69, 9.17) is 19.3 Å². The second-order valence-electron chi connectivity index (χ2n) is 7.17. The molecule has 9 heteroatoms. The maximum atomic E-state index is 12.6. The molecule has 0 aromatic heterocycles. The van der Waals surface area contributed by atoms with E-state index in [1.807, 2.05) is 0 Å². The summed E-state index contributed by atoms with van der Waals surface area (Å²) in [5, 5.41) is 22.0. The summed E-state index contributed by atoms with van der Waals surface area (Å²) in [6.45, 7) is 3.54. The Morgan fingerprint density at radius 3 is 2.67 bits per heavy atom. The normalized spacial score (nSPS) is 13.8. The van der Waals surface area contributed by atoms with E-state index in [9.17, 15) is 14.7 Å². The van der Waals surface area contributed by atoms with E-state index in [1.165, 1.54) is 12.1 Å². The molecular weight excluding hydrogens is 505 g/mol. The number of halogens is 1. The van der Waals surface area contributed by atoms with E-state index >= 15 is 0 Å². The van der Waals surface area contributed by atoms with Gasteiger partial charge in [0.2, 0.25) is 6.79 Å². The van der Waals surface area contributed by atoms with Gasteiger partial charge < -0.3 is 24.4 Å². The number of aliphatic carboxylic acids is 1. The Morgan fingerprint density at radius 1 is 1.20 bits per heavy atom. The fraction of sp³-hybridized carbons (Fsp3) is 0.238. The second kappa shape index (κ2) is 8.82. The average Bonchev–Trinajstić information content (AvgIpc) is 3.14. The number of nitrogens with one attached hydrogen (secondary N) is 1. The van der Waals surface area contributed by atoms with Crippen LogP contribution >= 0.6 is 22.6 Å². The molecule has 3 rings (SSSR count). The fourth-order valence-electron chi connectivity index (χ4n) is 2.95. The van der Waals surface area contributed by atoms with E-state index in [1.54, 1.807) is 44.2 Å². The van der Waals surface area contributed by atoms with Gasteiger partial charge in [-0.3, -0.25) is 5.32 Å². The van der Waals surface area contributed by atoms with Gasteiger partial charge in [-0.2, -0.15) is 0 Å². The predicted molar refractivity (Wildman–Crippen MR) is 117 cm³/mol. The monoisotopic (exact) mass is 525 g/mol. The number of rotatable bonds is 6. The highest BCUT2D eigenvalue weighted by Gasteiger charge is 2.34. The van der Waals surface area contributed by atoms with Crippen LogP contribution in [-0.2, 0) is 9.53 Å². The summed E-state index contributed by atoms with van der Waals surface area (Å²) in [6.07, 6.45) is 0.676. The minimum atomic E-state index is -1.13. The Labute approximate surface area is 186 Å². The number of hydrogen-bond donors (Lipinski definition) is 3. The third-order valence-electron chi connectivity index (χ3n) is 4.45. The molecule has 0 aliphatic carbocycles. The van der Waals surface area contributed by atoms with Crippen molar-refractivity contribution in [3.8, 4) is 17.2 Å². The van der Waals surface area contributed by atoms with Gasteiger partial charge in [0.15, 0.2) is 11.5 Å². The average molecular weight is 525 g/mol. The van der Waals surface area contributed by atoms with Gasteiger partial charge in [0.1, 0.15) is 11.9 Å². The molecule has 8 nitrogen and oxygen atoms in total. The van der Waals surface area contributed by atoms with Gasteiger partial charge in [-0.05, 0) is 52.9 Å². The lowest BCUT2D eigenvalue weighted by Gasteiger charge is -2.32. The lowest BCUT2D eigenvalue weighted by atomic mass is 9.81. The van der Waals surface area contributed by atoms with Crippen LogP contribution < -0.4 is 14.8 Å². The molecule has 0 fully saturated rings. The first kappa shape index (κ1) is 21.8. The molecule has 0 spiro atoms. The number of carbonyl (C=O) groups is 2. The van der Waals surface area contributed by atoms with Gasteiger partial charge in [-0.25, -0.2) is 9.59 Å². The molecule has 1 atom stereocenters. The molecule has 1 aliphatic rings. The largest absolute Gasteiger partial charge is 0.508 e. The summed E-state index contributed by atoms with van der Waals surface area (Å²) < 4.78 is 17.0. The molecule has 1 aliphatic heterocycles. The number of amides is 1. The predicted octanol–water partition coefficient (Wildman–Crippen LogP) is 4.68. The summed E-state index contributed by atoms with van der Waals surface area (Å²) in [6, 6.07) is 9.81. The zero-order valence-electron chi connectivity index (χ0n) is 16.2. The van der Waals surface area contributed by atoms with E-state index in [-0.39, 0.29) is 12.5 Å². The maximum absolute atomic E-state index is 12.6. The summed E-state index contributed by atoms with van der Waals surface area (Å²) in [4.78, 5) is 23.7. The van der Waals surface area contributed by atoms with Crippen molar-refractivity contribution < 1.29 is 34.0 Å². The van der Waals surface area contributed by atoms with Crippen LogP contribution in [0.25, 0.3) is 0 Å². The number of fused-ring (bicyclic) bond motifs is 1. The van der Waals surface area contributed by atoms with Crippen LogP contribution in [0.3, 0.4) is 0 Å². The minimum Gasteiger partial charge on any atom is -0.508 e. The van der Waals surface area contributed by atoms with Gasteiger partial charge in [0.25, 0.3) is 0 Å². The highest BCUT2D eigenvalue weighted by atomic mass is 127. The summed E-state index contributed by atoms with van der Waals surface area (Å²) in [7, 11) is 0. The van der Waals surface area contributed by atoms with Crippen LogP contribution in [0.4, 0.5) is 10.5 Å². The highest BCUT2D eigenvalue weighted by molar-refractivity contribution is 14.1. The molecule has 0 saturated heterocycles. The summed E-state index contributed by atoms with van der Waals surface area (Å²) in [5.41, 5.74) is -0.136. The van der Waals surface area contributed by atoms with Crippen LogP contribution in [0.1, 0.15) is 25.5 Å². The maximum Gasteiger partial charge on any atom is 0.412 e. The third kappa shape index (κ3) is 5.15. The van der Waals surface area contributed by atoms with Crippen molar-refractivity contribution in [1.82, 2.24) is 0 Å². The van der Waals surface area contributed by atoms with Gasteiger partial charge in [-0.15, -0.1) is 0 Å². The Morgan fingerprint density at radius 2 is 1.93 bits per heavy atom. The van der Waals surface area contributed by atoms with Crippen molar-refractivity contribution in [2.45, 2.75) is 20.0 Å². The fourth-order valence-corrected chi connectivity index (χ4v) is 3.47. The van der Waals surface area contributed by atoms with E-state index < -0.39 is 23.6 Å². The highest BCUT2D eigenvalue weighted by Crippen LogP contribution is 2.42. The van der Waals surface area contributed by atoms with Gasteiger partial charge in [-0.1, -0.05) is 19.9 Å². The topological polar surface area (TPSA) is 114 Å². The Kier molecular flexibility index (Phi) is 6.40. The summed E-state index contributed by atoms with van der Waals surface area (Å²) >= 11 is 2.08. The molecule has 0 saturated carbocycles. The van der Waals surface area contributed by atoms with Crippen molar-refractivity contribution in [2.75, 3.05) is 12.1 Å². The molecule has 0 bridgehead atoms. The number of carbonyl (C=O) groups excluding carboxylic acids is 1. The number of phenols is 1. The molecule has 30 heavy (non-hydrogen) atoms. The number of ether oxygens (including phenoxy) is 3. The third-order valence-corrected chi connectivity index (χ3v) is 5.12. The molecule has 1 heterocycles. The van der Waals surface area contributed by atoms with Crippen molar-refractivity contribution in [2.24, 2.45) is 5.41 Å². The first-order chi connectivity index (χ1) is 14.2. The van der Waals surface area contributed by atoms with Gasteiger partial charge in [0, 0.05) is 32.4 Å². The van der Waals surface area contributed by atoms with Crippen LogP contribution in [0.2, 0.25) is 0 Å². The van der Waals surface area contributed by atoms with E-state index in [2.05, 4.69) is 27.9 Å². The molecule has 2 aromatic rings. The Bertz CT molecular complexity index is 1000. The number of carboxylic acids is 1. The second-order valence-corrected chi connectivity index (χ2v) is 8.42. The van der Waals surface area contributed by atoms with Crippen LogP contribution in [0.5, 0.6) is 17.2 Å². The lowest BCUT2D eigenvalue weighted by Crippen LogP contribution is -2.28.